The maximum atomic E-state index is 12.6. The number of methoxy groups -OCH3 is 1. The zero-order chi connectivity index (χ0) is 39.9. The van der Waals surface area contributed by atoms with Crippen molar-refractivity contribution in [3.05, 3.63) is 0 Å². The van der Waals surface area contributed by atoms with Gasteiger partial charge in [0.05, 0.1) is 36.6 Å². The van der Waals surface area contributed by atoms with Crippen molar-refractivity contribution in [3.8, 4) is 0 Å². The summed E-state index contributed by atoms with van der Waals surface area (Å²) in [7, 11) is -3.76. The Balaban J connectivity index is 1.39. The van der Waals surface area contributed by atoms with Gasteiger partial charge in [-0.1, -0.05) is 34.5 Å². The largest absolute Gasteiger partial charge is 0.397 e. The molecule has 46 heavy (non-hydrogen) atoms. The molecule has 0 amide bonds. The summed E-state index contributed by atoms with van der Waals surface area (Å²) in [6.45, 7) is -1.68. The molecular formula is C33H58O12S. The van der Waals surface area contributed by atoms with Gasteiger partial charge in [-0.15, -0.1) is 0 Å². The van der Waals surface area contributed by atoms with Crippen molar-refractivity contribution < 1.29 is 66.5 Å². The summed E-state index contributed by atoms with van der Waals surface area (Å²) in [5, 5.41) is 57.1. The van der Waals surface area contributed by atoms with E-state index in [1.165, 1.54) is 7.11 Å². The molecule has 4 saturated carbocycles. The molecular weight excluding hydrogens is 620 g/mol. The SMILES string of the molecule is [2H]C([2H])([2H])C([2H])([C@H](CC[C@@H](C)[C@H]1C[C@H](O)[C@@H]2[C@]1(C)CC[C@@H]1[C@@]3(C)CC[C@H](O)C[C@@H]3[C@@H](O)C[C@]12O)O[C@@H]1O[C@@H](COS(=O)(=O)O)[C@H](OC)[C@H]1O)C([2H])([2H])[2H]. The maximum Gasteiger partial charge on any atom is 0.397 e. The molecule has 0 unspecified atom stereocenters. The Morgan fingerprint density at radius 1 is 1.04 bits per heavy atom. The monoisotopic (exact) mass is 685 g/mol. The summed E-state index contributed by atoms with van der Waals surface area (Å²) in [5.41, 5.74) is -2.45. The van der Waals surface area contributed by atoms with Crippen LogP contribution in [0.2, 0.25) is 0 Å². The van der Waals surface area contributed by atoms with Crippen LogP contribution in [-0.4, -0.2) is 107 Å². The predicted octanol–water partition coefficient (Wildman–Crippen LogP) is 2.44. The first kappa shape index (κ1) is 28.3. The Morgan fingerprint density at radius 3 is 2.39 bits per heavy atom. The van der Waals surface area contributed by atoms with Crippen molar-refractivity contribution in [2.75, 3.05) is 13.7 Å². The van der Waals surface area contributed by atoms with Gasteiger partial charge < -0.3 is 39.7 Å². The van der Waals surface area contributed by atoms with E-state index in [0.29, 0.717) is 32.1 Å². The minimum absolute atomic E-state index is 0.0694. The molecule has 0 spiro atoms. The Bertz CT molecular complexity index is 1410. The third-order valence-corrected chi connectivity index (χ3v) is 13.3. The molecule has 268 valence electrons. The molecule has 4 aliphatic carbocycles. The van der Waals surface area contributed by atoms with Crippen LogP contribution in [0.5, 0.6) is 0 Å². The van der Waals surface area contributed by atoms with E-state index in [0.717, 1.165) is 0 Å². The first-order valence-corrected chi connectivity index (χ1v) is 17.9. The van der Waals surface area contributed by atoms with Crippen LogP contribution >= 0.6 is 0 Å². The Labute approximate surface area is 283 Å². The molecule has 12 nitrogen and oxygen atoms in total. The summed E-state index contributed by atoms with van der Waals surface area (Å²) < 4.78 is 110. The number of ether oxygens (including phenoxy) is 3. The molecule has 0 radical (unpaired) electrons. The van der Waals surface area contributed by atoms with E-state index in [1.807, 2.05) is 13.8 Å². The third kappa shape index (κ3) is 6.57. The lowest BCUT2D eigenvalue weighted by atomic mass is 9.42. The lowest BCUT2D eigenvalue weighted by Gasteiger charge is -2.66. The zero-order valence-corrected chi connectivity index (χ0v) is 27.9. The van der Waals surface area contributed by atoms with Gasteiger partial charge in [0, 0.05) is 29.0 Å². The summed E-state index contributed by atoms with van der Waals surface area (Å²) in [4.78, 5) is 0. The molecule has 16 atom stereocenters. The fraction of sp³-hybridized carbons (Fsp3) is 1.00. The number of hydrogen-bond donors (Lipinski definition) is 6. The maximum absolute atomic E-state index is 12.6. The summed E-state index contributed by atoms with van der Waals surface area (Å²) in [6, 6.07) is 0. The topological polar surface area (TPSA) is 192 Å². The van der Waals surface area contributed by atoms with Crippen LogP contribution in [0.25, 0.3) is 0 Å². The first-order chi connectivity index (χ1) is 24.2. The Morgan fingerprint density at radius 2 is 1.74 bits per heavy atom. The molecule has 5 aliphatic rings. The van der Waals surface area contributed by atoms with Gasteiger partial charge in [-0.3, -0.25) is 4.55 Å². The van der Waals surface area contributed by atoms with E-state index in [-0.39, 0.29) is 49.4 Å². The van der Waals surface area contributed by atoms with Gasteiger partial charge in [0.2, 0.25) is 0 Å². The van der Waals surface area contributed by atoms with Gasteiger partial charge in [-0.05, 0) is 91.8 Å². The van der Waals surface area contributed by atoms with E-state index in [4.69, 9.17) is 28.4 Å². The van der Waals surface area contributed by atoms with Gasteiger partial charge in [-0.25, -0.2) is 4.18 Å². The van der Waals surface area contributed by atoms with E-state index in [9.17, 15) is 34.0 Å². The minimum atomic E-state index is -4.92. The third-order valence-electron chi connectivity index (χ3n) is 12.9. The van der Waals surface area contributed by atoms with Crippen LogP contribution in [0.4, 0.5) is 0 Å². The number of fused-ring (bicyclic) bond motifs is 5. The molecule has 5 fully saturated rings. The smallest absolute Gasteiger partial charge is 0.393 e. The highest BCUT2D eigenvalue weighted by atomic mass is 32.3. The molecule has 1 heterocycles. The molecule has 1 aliphatic heterocycles. The van der Waals surface area contributed by atoms with E-state index in [1.54, 1.807) is 0 Å². The summed E-state index contributed by atoms with van der Waals surface area (Å²) >= 11 is 0. The standard InChI is InChI=1S/C33H58O12S/c1-17(2)24(44-30-27(37)28(42-6)25(45-30)16-43-46(39,40)41)8-7-18(3)20-14-22(35)29-32(20,5)12-10-26-31(4)11-9-19(34)13-21(31)23(36)15-33(26,29)38/h17-30,34-38H,7-16H2,1-6H3,(H,39,40,41)/t18-,19+,20-,21-,22+,23+,24+,25+,26-,27-,28+,29-,30-,31+,32-,33+/m1/s1/i1D3,2D3,17D. The van der Waals surface area contributed by atoms with Crippen LogP contribution < -0.4 is 0 Å². The number of aliphatic hydroxyl groups is 5. The van der Waals surface area contributed by atoms with Crippen molar-refractivity contribution in [3.63, 3.8) is 0 Å². The van der Waals surface area contributed by atoms with Crippen LogP contribution in [-0.2, 0) is 28.8 Å². The molecule has 0 aromatic carbocycles. The van der Waals surface area contributed by atoms with Crippen molar-refractivity contribution >= 4 is 10.4 Å². The highest BCUT2D eigenvalue weighted by molar-refractivity contribution is 7.80. The van der Waals surface area contributed by atoms with Gasteiger partial charge in [0.1, 0.15) is 18.3 Å². The number of rotatable bonds is 11. The molecule has 13 heteroatoms. The number of hydrogen-bond acceptors (Lipinski definition) is 11. The second-order valence-electron chi connectivity index (χ2n) is 15.3. The van der Waals surface area contributed by atoms with Crippen LogP contribution in [0.15, 0.2) is 0 Å². The van der Waals surface area contributed by atoms with Crippen molar-refractivity contribution in [2.45, 2.75) is 147 Å². The highest BCUT2D eigenvalue weighted by Crippen LogP contribution is 2.69. The van der Waals surface area contributed by atoms with Crippen molar-refractivity contribution in [1.29, 1.82) is 0 Å². The van der Waals surface area contributed by atoms with Crippen molar-refractivity contribution in [1.82, 2.24) is 0 Å². The fourth-order valence-corrected chi connectivity index (χ4v) is 11.2. The molecule has 0 aromatic rings. The van der Waals surface area contributed by atoms with E-state index < -0.39 is 108 Å². The average molecular weight is 686 g/mol. The summed E-state index contributed by atoms with van der Waals surface area (Å²) in [6.07, 6.45) is -7.21. The molecule has 0 bridgehead atoms. The van der Waals surface area contributed by atoms with Gasteiger partial charge in [0.15, 0.2) is 6.29 Å². The summed E-state index contributed by atoms with van der Waals surface area (Å²) in [5.74, 6) is -4.76. The second kappa shape index (κ2) is 13.4. The molecule has 1 saturated heterocycles. The Kier molecular flexibility index (Phi) is 8.21. The van der Waals surface area contributed by atoms with E-state index >= 15 is 0 Å². The fourth-order valence-electron chi connectivity index (χ4n) is 10.9. The van der Waals surface area contributed by atoms with Gasteiger partial charge >= 0.3 is 10.4 Å². The lowest BCUT2D eigenvalue weighted by molar-refractivity contribution is -0.263. The normalized spacial score (nSPS) is 52.0. The van der Waals surface area contributed by atoms with Gasteiger partial charge in [0.25, 0.3) is 0 Å². The van der Waals surface area contributed by atoms with Crippen LogP contribution in [0, 0.1) is 46.3 Å². The lowest BCUT2D eigenvalue weighted by Crippen LogP contribution is -2.68. The molecule has 5 rings (SSSR count). The van der Waals surface area contributed by atoms with Crippen LogP contribution in [0.1, 0.15) is 102 Å². The van der Waals surface area contributed by atoms with Crippen LogP contribution in [0.3, 0.4) is 0 Å². The quantitative estimate of drug-likeness (QED) is 0.174. The molecule has 0 aromatic heterocycles. The Hall–Kier alpha value is -0.450. The van der Waals surface area contributed by atoms with Gasteiger partial charge in [-0.2, -0.15) is 8.42 Å². The average Bonchev–Trinajstić information content (AvgIpc) is 3.48. The highest BCUT2D eigenvalue weighted by Gasteiger charge is 2.70. The minimum Gasteiger partial charge on any atom is -0.393 e. The molecule has 6 N–H and O–H groups in total. The zero-order valence-electron chi connectivity index (χ0n) is 34.1. The second-order valence-corrected chi connectivity index (χ2v) is 16.4. The van der Waals surface area contributed by atoms with Crippen molar-refractivity contribution in [2.24, 2.45) is 46.3 Å². The first-order valence-electron chi connectivity index (χ1n) is 20.1. The number of aliphatic hydroxyl groups excluding tert-OH is 4. The van der Waals surface area contributed by atoms with E-state index in [2.05, 4.69) is 11.1 Å². The predicted molar refractivity (Wildman–Crippen MR) is 167 cm³/mol.